The predicted octanol–water partition coefficient (Wildman–Crippen LogP) is 4.38. The van der Waals surface area contributed by atoms with Crippen LogP contribution in [0, 0.1) is 5.92 Å². The summed E-state index contributed by atoms with van der Waals surface area (Å²) >= 11 is 0. The van der Waals surface area contributed by atoms with Crippen molar-refractivity contribution in [2.24, 2.45) is 5.92 Å². The first-order valence-corrected chi connectivity index (χ1v) is 9.46. The van der Waals surface area contributed by atoms with Crippen molar-refractivity contribution in [1.82, 2.24) is 4.90 Å². The molecule has 2 aromatic rings. The second-order valence-electron chi connectivity index (χ2n) is 6.84. The zero-order valence-electron chi connectivity index (χ0n) is 16.6. The molecule has 0 fully saturated rings. The van der Waals surface area contributed by atoms with Gasteiger partial charge in [0.15, 0.2) is 0 Å². The van der Waals surface area contributed by atoms with E-state index in [2.05, 4.69) is 35.4 Å². The number of amides is 2. The summed E-state index contributed by atoms with van der Waals surface area (Å²) in [7, 11) is 0. The molecule has 2 amide bonds. The summed E-state index contributed by atoms with van der Waals surface area (Å²) in [6.07, 6.45) is 0. The van der Waals surface area contributed by atoms with Gasteiger partial charge in [-0.2, -0.15) is 0 Å². The minimum atomic E-state index is -0.170. The summed E-state index contributed by atoms with van der Waals surface area (Å²) in [5.41, 5.74) is 3.18. The number of carbonyl (C=O) groups is 2. The summed E-state index contributed by atoms with van der Waals surface area (Å²) < 4.78 is 0. The van der Waals surface area contributed by atoms with E-state index in [-0.39, 0.29) is 17.7 Å². The van der Waals surface area contributed by atoms with Crippen LogP contribution in [0.3, 0.4) is 0 Å². The van der Waals surface area contributed by atoms with Gasteiger partial charge in [0.2, 0.25) is 5.91 Å². The van der Waals surface area contributed by atoms with Crippen molar-refractivity contribution in [2.75, 3.05) is 23.7 Å². The van der Waals surface area contributed by atoms with Crippen molar-refractivity contribution in [3.05, 3.63) is 59.7 Å². The van der Waals surface area contributed by atoms with Gasteiger partial charge in [-0.25, -0.2) is 0 Å². The van der Waals surface area contributed by atoms with Crippen LogP contribution >= 0.6 is 0 Å². The summed E-state index contributed by atoms with van der Waals surface area (Å²) in [6.45, 7) is 10.8. The summed E-state index contributed by atoms with van der Waals surface area (Å²) in [5, 5.41) is 5.76. The van der Waals surface area contributed by atoms with E-state index in [0.29, 0.717) is 11.3 Å². The lowest BCUT2D eigenvalue weighted by atomic mass is 10.1. The summed E-state index contributed by atoms with van der Waals surface area (Å²) in [4.78, 5) is 26.5. The van der Waals surface area contributed by atoms with E-state index in [4.69, 9.17) is 0 Å². The van der Waals surface area contributed by atoms with Gasteiger partial charge in [0.1, 0.15) is 0 Å². The molecule has 0 aromatic heterocycles. The SMILES string of the molecule is CCN(CC)Cc1cccc(NC(=O)c2ccc(NC(=O)C(C)C)cc2)c1. The Balaban J connectivity index is 2.01. The van der Waals surface area contributed by atoms with E-state index < -0.39 is 0 Å². The molecular formula is C22H29N3O2. The largest absolute Gasteiger partial charge is 0.326 e. The van der Waals surface area contributed by atoms with E-state index in [1.54, 1.807) is 24.3 Å². The maximum Gasteiger partial charge on any atom is 0.255 e. The molecule has 0 spiro atoms. The molecule has 0 unspecified atom stereocenters. The Hall–Kier alpha value is -2.66. The normalized spacial score (nSPS) is 10.9. The molecule has 0 aliphatic heterocycles. The van der Waals surface area contributed by atoms with Crippen LogP contribution in [0.5, 0.6) is 0 Å². The Kier molecular flexibility index (Phi) is 7.55. The highest BCUT2D eigenvalue weighted by Gasteiger charge is 2.10. The highest BCUT2D eigenvalue weighted by atomic mass is 16.2. The van der Waals surface area contributed by atoms with Crippen LogP contribution in [0.4, 0.5) is 11.4 Å². The Morgan fingerprint density at radius 3 is 2.19 bits per heavy atom. The predicted molar refractivity (Wildman–Crippen MR) is 111 cm³/mol. The lowest BCUT2D eigenvalue weighted by Crippen LogP contribution is -2.22. The molecule has 5 nitrogen and oxygen atoms in total. The van der Waals surface area contributed by atoms with Crippen LogP contribution in [-0.2, 0) is 11.3 Å². The van der Waals surface area contributed by atoms with Crippen LogP contribution in [0.25, 0.3) is 0 Å². The Morgan fingerprint density at radius 1 is 0.926 bits per heavy atom. The third-order valence-corrected chi connectivity index (χ3v) is 4.42. The van der Waals surface area contributed by atoms with Gasteiger partial charge >= 0.3 is 0 Å². The molecule has 0 saturated carbocycles. The first-order valence-electron chi connectivity index (χ1n) is 9.46. The summed E-state index contributed by atoms with van der Waals surface area (Å²) in [5.74, 6) is -0.300. The highest BCUT2D eigenvalue weighted by molar-refractivity contribution is 6.04. The van der Waals surface area contributed by atoms with Crippen molar-refractivity contribution >= 4 is 23.2 Å². The zero-order valence-corrected chi connectivity index (χ0v) is 16.6. The Bertz CT molecular complexity index is 765. The van der Waals surface area contributed by atoms with Crippen LogP contribution in [0.1, 0.15) is 43.6 Å². The van der Waals surface area contributed by atoms with Crippen molar-refractivity contribution in [1.29, 1.82) is 0 Å². The maximum atomic E-state index is 12.5. The number of rotatable bonds is 8. The van der Waals surface area contributed by atoms with Gasteiger partial charge in [0.05, 0.1) is 0 Å². The van der Waals surface area contributed by atoms with Gasteiger partial charge in [-0.05, 0) is 55.1 Å². The minimum Gasteiger partial charge on any atom is -0.326 e. The van der Waals surface area contributed by atoms with Crippen molar-refractivity contribution < 1.29 is 9.59 Å². The number of nitrogens with one attached hydrogen (secondary N) is 2. The zero-order chi connectivity index (χ0) is 19.8. The van der Waals surface area contributed by atoms with Crippen LogP contribution in [0.2, 0.25) is 0 Å². The minimum absolute atomic E-state index is 0.0442. The van der Waals surface area contributed by atoms with Gasteiger partial charge in [-0.1, -0.05) is 39.8 Å². The fourth-order valence-electron chi connectivity index (χ4n) is 2.65. The molecule has 0 bridgehead atoms. The smallest absolute Gasteiger partial charge is 0.255 e. The number of benzene rings is 2. The molecular weight excluding hydrogens is 338 g/mol. The summed E-state index contributed by atoms with van der Waals surface area (Å²) in [6, 6.07) is 14.8. The van der Waals surface area contributed by atoms with Gasteiger partial charge in [-0.15, -0.1) is 0 Å². The van der Waals surface area contributed by atoms with Crippen molar-refractivity contribution in [2.45, 2.75) is 34.2 Å². The molecule has 144 valence electrons. The average Bonchev–Trinajstić information content (AvgIpc) is 2.66. The number of anilines is 2. The molecule has 27 heavy (non-hydrogen) atoms. The van der Waals surface area contributed by atoms with Gasteiger partial charge in [0, 0.05) is 29.4 Å². The fraction of sp³-hybridized carbons (Fsp3) is 0.364. The lowest BCUT2D eigenvalue weighted by Gasteiger charge is -2.18. The standard InChI is InChI=1S/C22H29N3O2/c1-5-25(6-2)15-17-8-7-9-20(14-17)24-22(27)18-10-12-19(13-11-18)23-21(26)16(3)4/h7-14,16H,5-6,15H2,1-4H3,(H,23,26)(H,24,27). The first-order chi connectivity index (χ1) is 12.9. The first kappa shape index (κ1) is 20.6. The van der Waals surface area contributed by atoms with Gasteiger partial charge in [0.25, 0.3) is 5.91 Å². The molecule has 0 heterocycles. The molecule has 2 aromatic carbocycles. The van der Waals surface area contributed by atoms with Crippen LogP contribution in [-0.4, -0.2) is 29.8 Å². The van der Waals surface area contributed by atoms with Crippen molar-refractivity contribution in [3.63, 3.8) is 0 Å². The third-order valence-electron chi connectivity index (χ3n) is 4.42. The number of hydrogen-bond acceptors (Lipinski definition) is 3. The lowest BCUT2D eigenvalue weighted by molar-refractivity contribution is -0.118. The molecule has 0 radical (unpaired) electrons. The fourth-order valence-corrected chi connectivity index (χ4v) is 2.65. The third kappa shape index (κ3) is 6.22. The Morgan fingerprint density at radius 2 is 1.59 bits per heavy atom. The topological polar surface area (TPSA) is 61.4 Å². The number of nitrogens with zero attached hydrogens (tertiary/aromatic N) is 1. The maximum absolute atomic E-state index is 12.5. The van der Waals surface area contributed by atoms with E-state index in [1.165, 1.54) is 5.56 Å². The molecule has 0 atom stereocenters. The second-order valence-corrected chi connectivity index (χ2v) is 6.84. The monoisotopic (exact) mass is 367 g/mol. The molecule has 0 aliphatic carbocycles. The van der Waals surface area contributed by atoms with Gasteiger partial charge in [-0.3, -0.25) is 14.5 Å². The van der Waals surface area contributed by atoms with Crippen molar-refractivity contribution in [3.8, 4) is 0 Å². The molecule has 0 aliphatic rings. The number of hydrogen-bond donors (Lipinski definition) is 2. The molecule has 2 rings (SSSR count). The highest BCUT2D eigenvalue weighted by Crippen LogP contribution is 2.16. The van der Waals surface area contributed by atoms with Crippen LogP contribution < -0.4 is 10.6 Å². The van der Waals surface area contributed by atoms with Crippen LogP contribution in [0.15, 0.2) is 48.5 Å². The van der Waals surface area contributed by atoms with E-state index >= 15 is 0 Å². The van der Waals surface area contributed by atoms with E-state index in [9.17, 15) is 9.59 Å². The van der Waals surface area contributed by atoms with E-state index in [0.717, 1.165) is 25.3 Å². The average molecular weight is 367 g/mol. The second kappa shape index (κ2) is 9.88. The van der Waals surface area contributed by atoms with E-state index in [1.807, 2.05) is 32.0 Å². The molecule has 5 heteroatoms. The molecule has 2 N–H and O–H groups in total. The number of carbonyl (C=O) groups excluding carboxylic acids is 2. The quantitative estimate of drug-likeness (QED) is 0.728. The molecule has 0 saturated heterocycles. The van der Waals surface area contributed by atoms with Gasteiger partial charge < -0.3 is 10.6 Å². The Labute approximate surface area is 161 Å².